The van der Waals surface area contributed by atoms with E-state index in [4.69, 9.17) is 0 Å². The first kappa shape index (κ1) is 11.6. The van der Waals surface area contributed by atoms with Crippen LogP contribution in [0.1, 0.15) is 24.0 Å². The average Bonchev–Trinajstić information content (AvgIpc) is 2.16. The van der Waals surface area contributed by atoms with Gasteiger partial charge < -0.3 is 9.53 Å². The molecule has 0 spiro atoms. The van der Waals surface area contributed by atoms with Crippen LogP contribution in [0.4, 0.5) is 8.78 Å². The Labute approximate surface area is 86.9 Å². The third kappa shape index (κ3) is 3.01. The minimum Gasteiger partial charge on any atom is -0.435 e. The summed E-state index contributed by atoms with van der Waals surface area (Å²) in [6.45, 7) is 0.690. The quantitative estimate of drug-likeness (QED) is 0.720. The largest absolute Gasteiger partial charge is 0.435 e. The highest BCUT2D eigenvalue weighted by Gasteiger charge is 2.10. The first-order valence-electron chi connectivity index (χ1n) is 4.55. The predicted molar refractivity (Wildman–Crippen MR) is 52.3 cm³/mol. The van der Waals surface area contributed by atoms with Crippen LogP contribution in [-0.2, 0) is 4.79 Å². The lowest BCUT2D eigenvalue weighted by Crippen LogP contribution is -2.03. The first-order valence-corrected chi connectivity index (χ1v) is 4.55. The van der Waals surface area contributed by atoms with Gasteiger partial charge in [0.05, 0.1) is 0 Å². The second kappa shape index (κ2) is 4.87. The summed E-state index contributed by atoms with van der Waals surface area (Å²) in [5, 5.41) is 0. The zero-order chi connectivity index (χ0) is 11.4. The number of alkyl halides is 2. The highest BCUT2D eigenvalue weighted by atomic mass is 19.3. The van der Waals surface area contributed by atoms with Gasteiger partial charge >= 0.3 is 6.61 Å². The van der Waals surface area contributed by atoms with Crippen molar-refractivity contribution < 1.29 is 18.3 Å². The Morgan fingerprint density at radius 1 is 1.40 bits per heavy atom. The van der Waals surface area contributed by atoms with Crippen LogP contribution < -0.4 is 4.74 Å². The zero-order valence-electron chi connectivity index (χ0n) is 8.54. The van der Waals surface area contributed by atoms with E-state index in [9.17, 15) is 13.6 Å². The summed E-state index contributed by atoms with van der Waals surface area (Å²) in [6, 6.07) is 4.57. The maximum Gasteiger partial charge on any atom is 0.387 e. The smallest absolute Gasteiger partial charge is 0.387 e. The summed E-state index contributed by atoms with van der Waals surface area (Å²) in [6.07, 6.45) is 0.815. The van der Waals surface area contributed by atoms with Crippen LogP contribution >= 0.6 is 0 Å². The molecular formula is C11H12F2O2. The van der Waals surface area contributed by atoms with Gasteiger partial charge in [-0.05, 0) is 30.2 Å². The van der Waals surface area contributed by atoms with Crippen molar-refractivity contribution in [1.82, 2.24) is 0 Å². The van der Waals surface area contributed by atoms with Gasteiger partial charge in [0, 0.05) is 5.92 Å². The monoisotopic (exact) mass is 214 g/mol. The lowest BCUT2D eigenvalue weighted by Gasteiger charge is -2.11. The highest BCUT2D eigenvalue weighted by Crippen LogP contribution is 2.23. The van der Waals surface area contributed by atoms with Gasteiger partial charge in [0.25, 0.3) is 0 Å². The molecule has 0 N–H and O–H groups in total. The van der Waals surface area contributed by atoms with Gasteiger partial charge in [-0.1, -0.05) is 13.0 Å². The minimum absolute atomic E-state index is 0.115. The molecule has 1 unspecified atom stereocenters. The Bertz CT molecular complexity index is 350. The number of hydrogen-bond donors (Lipinski definition) is 0. The normalized spacial score (nSPS) is 12.6. The van der Waals surface area contributed by atoms with E-state index in [-0.39, 0.29) is 11.7 Å². The second-order valence-corrected chi connectivity index (χ2v) is 3.32. The van der Waals surface area contributed by atoms with Crippen LogP contribution in [0, 0.1) is 6.92 Å². The number of carbonyl (C=O) groups is 1. The molecule has 1 atom stereocenters. The van der Waals surface area contributed by atoms with E-state index < -0.39 is 6.61 Å². The molecule has 0 saturated heterocycles. The van der Waals surface area contributed by atoms with Crippen LogP contribution in [0.3, 0.4) is 0 Å². The molecule has 0 heterocycles. The predicted octanol–water partition coefficient (Wildman–Crippen LogP) is 2.90. The third-order valence-corrected chi connectivity index (χ3v) is 2.16. The van der Waals surface area contributed by atoms with Crippen molar-refractivity contribution in [3.63, 3.8) is 0 Å². The van der Waals surface area contributed by atoms with Crippen molar-refractivity contribution in [3.8, 4) is 5.75 Å². The fourth-order valence-electron chi connectivity index (χ4n) is 1.41. The molecule has 1 rings (SSSR count). The molecule has 0 bridgehead atoms. The fraction of sp³-hybridized carbons (Fsp3) is 0.364. The van der Waals surface area contributed by atoms with Gasteiger partial charge in [-0.15, -0.1) is 0 Å². The molecule has 4 heteroatoms. The van der Waals surface area contributed by atoms with Crippen LogP contribution in [0.25, 0.3) is 0 Å². The second-order valence-electron chi connectivity index (χ2n) is 3.32. The molecule has 0 saturated carbocycles. The number of hydrogen-bond acceptors (Lipinski definition) is 2. The van der Waals surface area contributed by atoms with Crippen molar-refractivity contribution in [3.05, 3.63) is 29.3 Å². The van der Waals surface area contributed by atoms with E-state index in [1.807, 2.05) is 0 Å². The highest BCUT2D eigenvalue weighted by molar-refractivity contribution is 5.62. The van der Waals surface area contributed by atoms with Gasteiger partial charge in [0.2, 0.25) is 0 Å². The topological polar surface area (TPSA) is 26.3 Å². The Kier molecular flexibility index (Phi) is 3.77. The van der Waals surface area contributed by atoms with Gasteiger partial charge in [-0.3, -0.25) is 0 Å². The molecule has 1 aromatic rings. The van der Waals surface area contributed by atoms with Crippen molar-refractivity contribution in [2.75, 3.05) is 0 Å². The summed E-state index contributed by atoms with van der Waals surface area (Å²) < 4.78 is 28.0. The van der Waals surface area contributed by atoms with Gasteiger partial charge in [-0.25, -0.2) is 0 Å². The Balaban J connectivity index is 2.92. The third-order valence-electron chi connectivity index (χ3n) is 2.16. The number of ether oxygens (including phenoxy) is 1. The minimum atomic E-state index is -2.82. The van der Waals surface area contributed by atoms with E-state index in [1.54, 1.807) is 19.9 Å². The number of carbonyl (C=O) groups excluding carboxylic acids is 1. The zero-order valence-corrected chi connectivity index (χ0v) is 8.54. The summed E-state index contributed by atoms with van der Waals surface area (Å²) in [5.74, 6) is -0.116. The molecule has 0 aliphatic heterocycles. The molecule has 82 valence electrons. The molecule has 0 aromatic heterocycles. The van der Waals surface area contributed by atoms with Crippen LogP contribution in [0.15, 0.2) is 18.2 Å². The Morgan fingerprint density at radius 3 is 2.53 bits per heavy atom. The van der Waals surface area contributed by atoms with Crippen molar-refractivity contribution in [1.29, 1.82) is 0 Å². The molecule has 0 aliphatic carbocycles. The molecule has 15 heavy (non-hydrogen) atoms. The van der Waals surface area contributed by atoms with E-state index in [0.29, 0.717) is 0 Å². The number of halogens is 2. The molecular weight excluding hydrogens is 202 g/mol. The molecule has 0 aliphatic rings. The van der Waals surface area contributed by atoms with Crippen LogP contribution in [0.2, 0.25) is 0 Å². The van der Waals surface area contributed by atoms with Crippen LogP contribution in [0.5, 0.6) is 5.75 Å². The van der Waals surface area contributed by atoms with Crippen molar-refractivity contribution in [2.45, 2.75) is 26.4 Å². The van der Waals surface area contributed by atoms with Gasteiger partial charge in [0.15, 0.2) is 0 Å². The number of aryl methyl sites for hydroxylation is 1. The average molecular weight is 214 g/mol. The van der Waals surface area contributed by atoms with E-state index in [0.717, 1.165) is 17.4 Å². The van der Waals surface area contributed by atoms with Gasteiger partial charge in [-0.2, -0.15) is 8.78 Å². The first-order chi connectivity index (χ1) is 7.04. The fourth-order valence-corrected chi connectivity index (χ4v) is 1.41. The standard InChI is InChI=1S/C11H12F2O2/c1-7-5-9(15-11(12)13)3-4-10(7)8(2)6-14/h3-6,8,11H,1-2H3. The maximum atomic E-state index is 11.9. The van der Waals surface area contributed by atoms with E-state index >= 15 is 0 Å². The van der Waals surface area contributed by atoms with Crippen molar-refractivity contribution >= 4 is 6.29 Å². The molecule has 0 amide bonds. The summed E-state index contributed by atoms with van der Waals surface area (Å²) in [4.78, 5) is 10.6. The summed E-state index contributed by atoms with van der Waals surface area (Å²) >= 11 is 0. The number of benzene rings is 1. The SMILES string of the molecule is Cc1cc(OC(F)F)ccc1C(C)C=O. The maximum absolute atomic E-state index is 11.9. The van der Waals surface area contributed by atoms with Crippen molar-refractivity contribution in [2.24, 2.45) is 0 Å². The van der Waals surface area contributed by atoms with Crippen LogP contribution in [-0.4, -0.2) is 12.9 Å². The molecule has 1 aromatic carbocycles. The lowest BCUT2D eigenvalue weighted by atomic mass is 9.98. The lowest BCUT2D eigenvalue weighted by molar-refractivity contribution is -0.108. The molecule has 0 radical (unpaired) electrons. The summed E-state index contributed by atoms with van der Waals surface area (Å²) in [7, 11) is 0. The van der Waals surface area contributed by atoms with Gasteiger partial charge in [0.1, 0.15) is 12.0 Å². The number of aldehydes is 1. The molecule has 0 fully saturated rings. The Hall–Kier alpha value is -1.45. The van der Waals surface area contributed by atoms with E-state index in [2.05, 4.69) is 4.74 Å². The Morgan fingerprint density at radius 2 is 2.07 bits per heavy atom. The number of rotatable bonds is 4. The molecule has 2 nitrogen and oxygen atoms in total. The van der Waals surface area contributed by atoms with E-state index in [1.165, 1.54) is 12.1 Å². The summed E-state index contributed by atoms with van der Waals surface area (Å²) in [5.41, 5.74) is 1.60.